The van der Waals surface area contributed by atoms with E-state index in [1.807, 2.05) is 13.8 Å². The Bertz CT molecular complexity index is 244. The summed E-state index contributed by atoms with van der Waals surface area (Å²) < 4.78 is 0.500. The molecular weight excluding hydrogens is 282 g/mol. The van der Waals surface area contributed by atoms with Crippen molar-refractivity contribution in [2.24, 2.45) is 0 Å². The smallest absolute Gasteiger partial charge is 0.137 e. The standard InChI is InChI=1S/C12H18BI/c1-5-7-9-11(3)13(14)12(4)10-8-6-2/h5-10H,1-4H3/b7-5-,8-6-,11-9+,12-10+. The molecule has 0 unspecified atom stereocenters. The van der Waals surface area contributed by atoms with Crippen molar-refractivity contribution in [3.63, 3.8) is 0 Å². The molecule has 0 amide bonds. The molecule has 76 valence electrons. The molecular formula is C12H18BI. The number of allylic oxidation sites excluding steroid dienone is 8. The van der Waals surface area contributed by atoms with Gasteiger partial charge in [0.15, 0.2) is 0 Å². The minimum atomic E-state index is 0.500. The first-order valence-electron chi connectivity index (χ1n) is 4.86. The topological polar surface area (TPSA) is 0 Å². The minimum Gasteiger partial charge on any atom is -0.137 e. The number of rotatable bonds is 4. The highest BCUT2D eigenvalue weighted by atomic mass is 127. The summed E-state index contributed by atoms with van der Waals surface area (Å²) in [5.41, 5.74) is 2.78. The first-order valence-corrected chi connectivity index (χ1v) is 6.11. The molecule has 0 aromatic heterocycles. The third-order valence-corrected chi connectivity index (χ3v) is 3.87. The number of halogens is 1. The average molecular weight is 300 g/mol. The van der Waals surface area contributed by atoms with Gasteiger partial charge in [-0.05, 0) is 13.8 Å². The van der Waals surface area contributed by atoms with Crippen LogP contribution in [0.25, 0.3) is 0 Å². The fourth-order valence-corrected chi connectivity index (χ4v) is 1.44. The van der Waals surface area contributed by atoms with Crippen LogP contribution in [0.1, 0.15) is 27.7 Å². The first-order chi connectivity index (χ1) is 6.63. The van der Waals surface area contributed by atoms with Crippen LogP contribution in [0.15, 0.2) is 47.4 Å². The highest BCUT2D eigenvalue weighted by Gasteiger charge is 2.12. The van der Waals surface area contributed by atoms with E-state index in [2.05, 4.69) is 72.7 Å². The molecule has 0 N–H and O–H groups in total. The van der Waals surface area contributed by atoms with Gasteiger partial charge in [0.2, 0.25) is 0 Å². The second-order valence-corrected chi connectivity index (χ2v) is 4.48. The Balaban J connectivity index is 4.52. The zero-order chi connectivity index (χ0) is 11.0. The molecule has 0 saturated carbocycles. The molecule has 0 spiro atoms. The summed E-state index contributed by atoms with van der Waals surface area (Å²) in [7, 11) is 0. The molecule has 0 saturated heterocycles. The summed E-state index contributed by atoms with van der Waals surface area (Å²) in [6.45, 7) is 8.41. The Morgan fingerprint density at radius 2 is 1.29 bits per heavy atom. The summed E-state index contributed by atoms with van der Waals surface area (Å²) in [6.07, 6.45) is 12.6. The van der Waals surface area contributed by atoms with E-state index in [-0.39, 0.29) is 0 Å². The maximum absolute atomic E-state index is 2.47. The van der Waals surface area contributed by atoms with Gasteiger partial charge in [-0.3, -0.25) is 0 Å². The van der Waals surface area contributed by atoms with Gasteiger partial charge in [-0.2, -0.15) is 0 Å². The van der Waals surface area contributed by atoms with E-state index in [0.29, 0.717) is 4.57 Å². The average Bonchev–Trinajstić information content (AvgIpc) is 2.21. The van der Waals surface area contributed by atoms with Crippen LogP contribution in [0.3, 0.4) is 0 Å². The first kappa shape index (κ1) is 13.8. The van der Waals surface area contributed by atoms with Crippen LogP contribution >= 0.6 is 22.4 Å². The van der Waals surface area contributed by atoms with Gasteiger partial charge in [0, 0.05) is 0 Å². The third-order valence-electron chi connectivity index (χ3n) is 1.90. The fourth-order valence-electron chi connectivity index (χ4n) is 1.02. The Labute approximate surface area is 102 Å². The molecule has 0 bridgehead atoms. The van der Waals surface area contributed by atoms with Crippen molar-refractivity contribution < 1.29 is 0 Å². The molecule has 0 atom stereocenters. The van der Waals surface area contributed by atoms with Crippen LogP contribution in [0, 0.1) is 0 Å². The maximum Gasteiger partial charge on any atom is 0.273 e. The quantitative estimate of drug-likeness (QED) is 0.406. The SMILES string of the molecule is C/C=C\C=C(/C)B(I)/C(C)=C/C=C\C. The van der Waals surface area contributed by atoms with E-state index in [1.54, 1.807) is 0 Å². The minimum absolute atomic E-state index is 0.500. The number of hydrogen-bond acceptors (Lipinski definition) is 0. The molecule has 0 aliphatic heterocycles. The van der Waals surface area contributed by atoms with Crippen molar-refractivity contribution in [3.05, 3.63) is 47.4 Å². The van der Waals surface area contributed by atoms with Gasteiger partial charge < -0.3 is 0 Å². The second kappa shape index (κ2) is 8.10. The molecule has 0 aliphatic rings. The Morgan fingerprint density at radius 3 is 1.57 bits per heavy atom. The van der Waals surface area contributed by atoms with Gasteiger partial charge in [-0.1, -0.05) is 61.2 Å². The van der Waals surface area contributed by atoms with Crippen LogP contribution < -0.4 is 0 Å². The summed E-state index contributed by atoms with van der Waals surface area (Å²) in [4.78, 5) is 0. The van der Waals surface area contributed by atoms with E-state index in [0.717, 1.165) is 0 Å². The Morgan fingerprint density at radius 1 is 0.929 bits per heavy atom. The van der Waals surface area contributed by atoms with Crippen LogP contribution in [0.2, 0.25) is 0 Å². The predicted octanol–water partition coefficient (Wildman–Crippen LogP) is 4.54. The summed E-state index contributed by atoms with van der Waals surface area (Å²) in [6, 6.07) is 0. The van der Waals surface area contributed by atoms with Crippen molar-refractivity contribution in [1.82, 2.24) is 0 Å². The number of hydrogen-bond donors (Lipinski definition) is 0. The highest BCUT2D eigenvalue weighted by molar-refractivity contribution is 14.1. The van der Waals surface area contributed by atoms with Gasteiger partial charge in [0.1, 0.15) is 0 Å². The lowest BCUT2D eigenvalue weighted by molar-refractivity contribution is 1.56. The zero-order valence-electron chi connectivity index (χ0n) is 9.42. The molecule has 0 radical (unpaired) electrons. The lowest BCUT2D eigenvalue weighted by Crippen LogP contribution is -2.07. The van der Waals surface area contributed by atoms with Crippen molar-refractivity contribution in [2.75, 3.05) is 0 Å². The Kier molecular flexibility index (Phi) is 7.95. The fraction of sp³-hybridized carbons (Fsp3) is 0.333. The maximum atomic E-state index is 2.47. The monoisotopic (exact) mass is 300 g/mol. The largest absolute Gasteiger partial charge is 0.273 e. The molecule has 0 nitrogen and oxygen atoms in total. The van der Waals surface area contributed by atoms with E-state index < -0.39 is 0 Å². The van der Waals surface area contributed by atoms with E-state index >= 15 is 0 Å². The molecule has 0 rings (SSSR count). The second-order valence-electron chi connectivity index (χ2n) is 3.24. The van der Waals surface area contributed by atoms with Crippen molar-refractivity contribution >= 4 is 26.9 Å². The normalized spacial score (nSPS) is 14.4. The highest BCUT2D eigenvalue weighted by Crippen LogP contribution is 2.16. The molecule has 2 heteroatoms. The van der Waals surface area contributed by atoms with E-state index in [9.17, 15) is 0 Å². The lowest BCUT2D eigenvalue weighted by atomic mass is 9.63. The van der Waals surface area contributed by atoms with E-state index in [4.69, 9.17) is 0 Å². The van der Waals surface area contributed by atoms with Gasteiger partial charge in [-0.15, -0.1) is 22.4 Å². The third kappa shape index (κ3) is 5.48. The molecule has 14 heavy (non-hydrogen) atoms. The summed E-state index contributed by atoms with van der Waals surface area (Å²) in [5.74, 6) is 0. The lowest BCUT2D eigenvalue weighted by Gasteiger charge is -2.05. The van der Waals surface area contributed by atoms with Crippen LogP contribution in [-0.4, -0.2) is 4.57 Å². The van der Waals surface area contributed by atoms with Crippen LogP contribution in [0.4, 0.5) is 0 Å². The molecule has 0 heterocycles. The molecule has 0 aromatic carbocycles. The van der Waals surface area contributed by atoms with Gasteiger partial charge in [0.05, 0.1) is 0 Å². The Hall–Kier alpha value is -0.245. The van der Waals surface area contributed by atoms with E-state index in [1.165, 1.54) is 10.9 Å². The van der Waals surface area contributed by atoms with Gasteiger partial charge >= 0.3 is 0 Å². The molecule has 0 fully saturated rings. The van der Waals surface area contributed by atoms with Crippen molar-refractivity contribution in [3.8, 4) is 0 Å². The van der Waals surface area contributed by atoms with Crippen molar-refractivity contribution in [2.45, 2.75) is 27.7 Å². The molecule has 0 aromatic rings. The van der Waals surface area contributed by atoms with Crippen LogP contribution in [0.5, 0.6) is 0 Å². The predicted molar refractivity (Wildman–Crippen MR) is 76.9 cm³/mol. The van der Waals surface area contributed by atoms with Gasteiger partial charge in [0.25, 0.3) is 4.57 Å². The summed E-state index contributed by atoms with van der Waals surface area (Å²) in [5, 5.41) is 0. The van der Waals surface area contributed by atoms with Crippen LogP contribution in [-0.2, 0) is 0 Å². The molecule has 0 aliphatic carbocycles. The van der Waals surface area contributed by atoms with Gasteiger partial charge in [-0.25, -0.2) is 0 Å². The summed E-state index contributed by atoms with van der Waals surface area (Å²) >= 11 is 2.47. The van der Waals surface area contributed by atoms with Crippen molar-refractivity contribution in [1.29, 1.82) is 0 Å². The zero-order valence-corrected chi connectivity index (χ0v) is 11.6.